The standard InChI is InChI=1S/C20H19FN2O3S2/c1-13(24)15-5-3-7-17(9-15)23-19-12-28(25,26)11-18(19)22-20(23)27-10-14-4-2-6-16(21)8-14/h2-9,18-19H,10-12H2,1H3/t18-,19-/m0/s1. The number of hydrogen-bond donors (Lipinski definition) is 0. The summed E-state index contributed by atoms with van der Waals surface area (Å²) < 4.78 is 37.7. The van der Waals surface area contributed by atoms with Crippen LogP contribution >= 0.6 is 11.8 Å². The van der Waals surface area contributed by atoms with Gasteiger partial charge in [0, 0.05) is 17.0 Å². The van der Waals surface area contributed by atoms with Crippen LogP contribution in [0.2, 0.25) is 0 Å². The van der Waals surface area contributed by atoms with E-state index in [2.05, 4.69) is 4.99 Å². The molecule has 0 spiro atoms. The normalized spacial score (nSPS) is 22.8. The maximum Gasteiger partial charge on any atom is 0.164 e. The molecule has 2 aromatic rings. The number of carbonyl (C=O) groups excluding carboxylic acids is 1. The summed E-state index contributed by atoms with van der Waals surface area (Å²) in [5.41, 5.74) is 2.15. The second kappa shape index (κ2) is 7.33. The van der Waals surface area contributed by atoms with Crippen molar-refractivity contribution >= 4 is 38.2 Å². The van der Waals surface area contributed by atoms with E-state index in [1.54, 1.807) is 24.3 Å². The molecule has 0 aliphatic carbocycles. The van der Waals surface area contributed by atoms with Gasteiger partial charge in [-0.05, 0) is 36.8 Å². The van der Waals surface area contributed by atoms with Crippen LogP contribution in [0.15, 0.2) is 53.5 Å². The number of aliphatic imine (C=N–C) groups is 1. The number of ketones is 1. The van der Waals surface area contributed by atoms with Crippen molar-refractivity contribution in [2.24, 2.45) is 4.99 Å². The van der Waals surface area contributed by atoms with Crippen LogP contribution in [0.25, 0.3) is 0 Å². The fraction of sp³-hybridized carbons (Fsp3) is 0.300. The van der Waals surface area contributed by atoms with Crippen LogP contribution in [0.5, 0.6) is 0 Å². The number of Topliss-reactive ketones (excluding diaryl/α,β-unsaturated/α-hetero) is 1. The number of sulfone groups is 1. The summed E-state index contributed by atoms with van der Waals surface area (Å²) in [4.78, 5) is 18.4. The Morgan fingerprint density at radius 1 is 1.21 bits per heavy atom. The highest BCUT2D eigenvalue weighted by atomic mass is 32.2. The molecule has 0 bridgehead atoms. The van der Waals surface area contributed by atoms with E-state index >= 15 is 0 Å². The monoisotopic (exact) mass is 418 g/mol. The second-order valence-electron chi connectivity index (χ2n) is 7.02. The Morgan fingerprint density at radius 2 is 2.00 bits per heavy atom. The first kappa shape index (κ1) is 19.1. The topological polar surface area (TPSA) is 66.8 Å². The van der Waals surface area contributed by atoms with Crippen molar-refractivity contribution in [3.63, 3.8) is 0 Å². The van der Waals surface area contributed by atoms with E-state index in [-0.39, 0.29) is 35.2 Å². The van der Waals surface area contributed by atoms with Crippen LogP contribution in [0.4, 0.5) is 10.1 Å². The zero-order valence-electron chi connectivity index (χ0n) is 15.2. The third kappa shape index (κ3) is 3.84. The van der Waals surface area contributed by atoms with Gasteiger partial charge in [-0.15, -0.1) is 0 Å². The van der Waals surface area contributed by atoms with Crippen molar-refractivity contribution in [3.8, 4) is 0 Å². The molecule has 0 amide bonds. The van der Waals surface area contributed by atoms with E-state index in [1.165, 1.54) is 30.8 Å². The van der Waals surface area contributed by atoms with Crippen LogP contribution in [0, 0.1) is 5.82 Å². The Balaban J connectivity index is 1.65. The van der Waals surface area contributed by atoms with Gasteiger partial charge in [0.1, 0.15) is 5.82 Å². The second-order valence-corrected chi connectivity index (χ2v) is 10.1. The van der Waals surface area contributed by atoms with E-state index in [1.807, 2.05) is 17.0 Å². The minimum atomic E-state index is -3.14. The number of nitrogens with zero attached hydrogens (tertiary/aromatic N) is 2. The molecule has 146 valence electrons. The summed E-state index contributed by atoms with van der Waals surface area (Å²) in [6.07, 6.45) is 0. The first-order chi connectivity index (χ1) is 13.3. The van der Waals surface area contributed by atoms with Gasteiger partial charge in [0.05, 0.1) is 23.6 Å². The van der Waals surface area contributed by atoms with Gasteiger partial charge < -0.3 is 4.90 Å². The lowest BCUT2D eigenvalue weighted by atomic mass is 10.1. The highest BCUT2D eigenvalue weighted by Crippen LogP contribution is 2.36. The third-order valence-electron chi connectivity index (χ3n) is 4.90. The van der Waals surface area contributed by atoms with Gasteiger partial charge in [-0.3, -0.25) is 9.79 Å². The van der Waals surface area contributed by atoms with Gasteiger partial charge in [0.15, 0.2) is 20.8 Å². The van der Waals surface area contributed by atoms with Crippen molar-refractivity contribution in [1.82, 2.24) is 0 Å². The molecule has 0 aromatic heterocycles. The van der Waals surface area contributed by atoms with Crippen molar-refractivity contribution in [2.75, 3.05) is 16.4 Å². The molecule has 2 aromatic carbocycles. The van der Waals surface area contributed by atoms with Gasteiger partial charge >= 0.3 is 0 Å². The van der Waals surface area contributed by atoms with E-state index in [0.29, 0.717) is 16.5 Å². The van der Waals surface area contributed by atoms with Crippen molar-refractivity contribution in [2.45, 2.75) is 24.8 Å². The number of amidine groups is 1. The maximum atomic E-state index is 13.5. The number of anilines is 1. The fourth-order valence-corrected chi connectivity index (χ4v) is 6.49. The Labute approximate surface area is 167 Å². The quantitative estimate of drug-likeness (QED) is 0.713. The lowest BCUT2D eigenvalue weighted by Gasteiger charge is -2.26. The number of thioether (sulfide) groups is 1. The number of halogens is 1. The molecule has 2 heterocycles. The molecule has 5 nitrogen and oxygen atoms in total. The van der Waals surface area contributed by atoms with Gasteiger partial charge in [0.2, 0.25) is 0 Å². The minimum Gasteiger partial charge on any atom is -0.315 e. The van der Waals surface area contributed by atoms with Crippen molar-refractivity contribution < 1.29 is 17.6 Å². The van der Waals surface area contributed by atoms with E-state index < -0.39 is 9.84 Å². The first-order valence-electron chi connectivity index (χ1n) is 8.88. The summed E-state index contributed by atoms with van der Waals surface area (Å²) in [5.74, 6) is 0.245. The van der Waals surface area contributed by atoms with Crippen LogP contribution in [0.1, 0.15) is 22.8 Å². The number of rotatable bonds is 4. The zero-order chi connectivity index (χ0) is 19.9. The molecule has 2 atom stereocenters. The van der Waals surface area contributed by atoms with Crippen molar-refractivity contribution in [1.29, 1.82) is 0 Å². The summed E-state index contributed by atoms with van der Waals surface area (Å²) in [5, 5.41) is 0.704. The zero-order valence-corrected chi connectivity index (χ0v) is 16.8. The van der Waals surface area contributed by atoms with E-state index in [0.717, 1.165) is 11.3 Å². The first-order valence-corrected chi connectivity index (χ1v) is 11.7. The number of carbonyl (C=O) groups is 1. The Kier molecular flexibility index (Phi) is 5.01. The largest absolute Gasteiger partial charge is 0.315 e. The molecular formula is C20H19FN2O3S2. The van der Waals surface area contributed by atoms with Gasteiger partial charge in [-0.2, -0.15) is 0 Å². The summed E-state index contributed by atoms with van der Waals surface area (Å²) in [6.45, 7) is 1.50. The number of fused-ring (bicyclic) bond motifs is 1. The Morgan fingerprint density at radius 3 is 2.75 bits per heavy atom. The highest BCUT2D eigenvalue weighted by Gasteiger charge is 2.47. The van der Waals surface area contributed by atoms with Crippen LogP contribution in [-0.2, 0) is 15.6 Å². The molecule has 0 radical (unpaired) electrons. The van der Waals surface area contributed by atoms with Gasteiger partial charge in [-0.25, -0.2) is 12.8 Å². The van der Waals surface area contributed by atoms with Crippen molar-refractivity contribution in [3.05, 3.63) is 65.5 Å². The molecule has 2 aliphatic rings. The maximum absolute atomic E-state index is 13.5. The molecule has 1 saturated heterocycles. The molecule has 0 unspecified atom stereocenters. The number of benzene rings is 2. The molecule has 0 N–H and O–H groups in total. The predicted molar refractivity (Wildman–Crippen MR) is 110 cm³/mol. The highest BCUT2D eigenvalue weighted by molar-refractivity contribution is 8.13. The van der Waals surface area contributed by atoms with Crippen LogP contribution in [0.3, 0.4) is 0 Å². The van der Waals surface area contributed by atoms with Crippen LogP contribution in [-0.4, -0.2) is 43.0 Å². The average molecular weight is 419 g/mol. The molecule has 8 heteroatoms. The minimum absolute atomic E-state index is 0.0323. The molecule has 0 saturated carbocycles. The Bertz CT molecular complexity index is 1070. The van der Waals surface area contributed by atoms with E-state index in [4.69, 9.17) is 0 Å². The van der Waals surface area contributed by atoms with Gasteiger partial charge in [0.25, 0.3) is 0 Å². The van der Waals surface area contributed by atoms with E-state index in [9.17, 15) is 17.6 Å². The SMILES string of the molecule is CC(=O)c1cccc(N2C(SCc3cccc(F)c3)=N[C@H]3CS(=O)(=O)C[C@@H]32)c1. The smallest absolute Gasteiger partial charge is 0.164 e. The summed E-state index contributed by atoms with van der Waals surface area (Å²) in [6, 6.07) is 13.0. The number of hydrogen-bond acceptors (Lipinski definition) is 6. The Hall–Kier alpha value is -2.19. The van der Waals surface area contributed by atoms with Crippen LogP contribution < -0.4 is 4.90 Å². The average Bonchev–Trinajstić information content (AvgIpc) is 3.11. The van der Waals surface area contributed by atoms with Gasteiger partial charge in [-0.1, -0.05) is 36.0 Å². The molecule has 28 heavy (non-hydrogen) atoms. The lowest BCUT2D eigenvalue weighted by Crippen LogP contribution is -2.39. The predicted octanol–water partition coefficient (Wildman–Crippen LogP) is 3.30. The lowest BCUT2D eigenvalue weighted by molar-refractivity contribution is 0.101. The molecule has 1 fully saturated rings. The molecular weight excluding hydrogens is 399 g/mol. The molecule has 2 aliphatic heterocycles. The molecule has 4 rings (SSSR count). The fourth-order valence-electron chi connectivity index (χ4n) is 3.58. The summed E-state index contributed by atoms with van der Waals surface area (Å²) in [7, 11) is -3.14. The third-order valence-corrected chi connectivity index (χ3v) is 7.63. The summed E-state index contributed by atoms with van der Waals surface area (Å²) >= 11 is 1.45.